The molecule has 1 fully saturated rings. The van der Waals surface area contributed by atoms with Crippen LogP contribution in [0.1, 0.15) is 18.1 Å². The molecule has 1 atom stereocenters. The van der Waals surface area contributed by atoms with Crippen LogP contribution in [0.25, 0.3) is 0 Å². The summed E-state index contributed by atoms with van der Waals surface area (Å²) in [7, 11) is 0. The fourth-order valence-corrected chi connectivity index (χ4v) is 3.69. The molecule has 1 N–H and O–H groups in total. The zero-order valence-corrected chi connectivity index (χ0v) is 16.1. The molecule has 0 spiro atoms. The van der Waals surface area contributed by atoms with Crippen LogP contribution in [0.4, 0.5) is 10.5 Å². The first-order chi connectivity index (χ1) is 13.0. The SMILES string of the molecule is Cc1ccc(NC(=O)N2CCN(C3=CC4=N[C@H](C)CN4C=N3)CC2)c(C)c1. The first-order valence-electron chi connectivity index (χ1n) is 9.48. The number of fused-ring (bicyclic) bond motifs is 1. The molecule has 4 rings (SSSR count). The summed E-state index contributed by atoms with van der Waals surface area (Å²) in [5.41, 5.74) is 3.15. The second kappa shape index (κ2) is 7.06. The monoisotopic (exact) mass is 366 g/mol. The standard InChI is InChI=1S/C20H26N6O/c1-14-4-5-17(15(2)10-14)23-20(27)25-8-6-24(7-9-25)18-11-19-22-16(3)12-26(19)13-21-18/h4-5,10-11,13,16H,6-9,12H2,1-3H3,(H,23,27)/t16-/m1/s1. The molecule has 0 aliphatic carbocycles. The molecule has 0 aromatic heterocycles. The van der Waals surface area contributed by atoms with Crippen LogP contribution >= 0.6 is 0 Å². The maximum Gasteiger partial charge on any atom is 0.321 e. The van der Waals surface area contributed by atoms with Gasteiger partial charge in [-0.15, -0.1) is 0 Å². The number of carbonyl (C=O) groups excluding carboxylic acids is 1. The van der Waals surface area contributed by atoms with Gasteiger partial charge in [0, 0.05) is 44.5 Å². The van der Waals surface area contributed by atoms with Gasteiger partial charge in [0.1, 0.15) is 11.7 Å². The Labute approximate surface area is 160 Å². The van der Waals surface area contributed by atoms with Gasteiger partial charge in [-0.25, -0.2) is 9.79 Å². The first-order valence-corrected chi connectivity index (χ1v) is 9.48. The highest BCUT2D eigenvalue weighted by atomic mass is 16.2. The lowest BCUT2D eigenvalue weighted by atomic mass is 10.1. The van der Waals surface area contributed by atoms with Gasteiger partial charge in [-0.2, -0.15) is 0 Å². The van der Waals surface area contributed by atoms with E-state index in [9.17, 15) is 4.79 Å². The number of amides is 2. The zero-order valence-electron chi connectivity index (χ0n) is 16.1. The van der Waals surface area contributed by atoms with Crippen molar-refractivity contribution in [3.8, 4) is 0 Å². The summed E-state index contributed by atoms with van der Waals surface area (Å²) in [6, 6.07) is 6.34. The summed E-state index contributed by atoms with van der Waals surface area (Å²) < 4.78 is 0. The van der Waals surface area contributed by atoms with Crippen LogP contribution in [0.3, 0.4) is 0 Å². The molecule has 1 aromatic rings. The number of nitrogens with zero attached hydrogens (tertiary/aromatic N) is 5. The third-order valence-corrected chi connectivity index (χ3v) is 5.21. The second-order valence-electron chi connectivity index (χ2n) is 7.46. The summed E-state index contributed by atoms with van der Waals surface area (Å²) in [5.74, 6) is 1.93. The molecule has 27 heavy (non-hydrogen) atoms. The van der Waals surface area contributed by atoms with Gasteiger partial charge in [0.15, 0.2) is 0 Å². The molecule has 0 radical (unpaired) electrons. The van der Waals surface area contributed by atoms with Gasteiger partial charge < -0.3 is 20.0 Å². The summed E-state index contributed by atoms with van der Waals surface area (Å²) in [4.78, 5) is 28.0. The number of rotatable bonds is 2. The third kappa shape index (κ3) is 3.67. The van der Waals surface area contributed by atoms with E-state index in [1.165, 1.54) is 5.56 Å². The van der Waals surface area contributed by atoms with Crippen molar-refractivity contribution in [1.82, 2.24) is 14.7 Å². The highest BCUT2D eigenvalue weighted by Gasteiger charge is 2.27. The Bertz CT molecular complexity index is 835. The number of nitrogens with one attached hydrogen (secondary N) is 1. The molecule has 1 aromatic carbocycles. The van der Waals surface area contributed by atoms with Gasteiger partial charge in [-0.1, -0.05) is 17.7 Å². The minimum atomic E-state index is -0.0390. The topological polar surface area (TPSA) is 63.5 Å². The molecule has 0 saturated carbocycles. The molecule has 142 valence electrons. The van der Waals surface area contributed by atoms with Gasteiger partial charge in [-0.05, 0) is 32.4 Å². The van der Waals surface area contributed by atoms with E-state index >= 15 is 0 Å². The van der Waals surface area contributed by atoms with Crippen molar-refractivity contribution in [1.29, 1.82) is 0 Å². The zero-order chi connectivity index (χ0) is 19.0. The van der Waals surface area contributed by atoms with Gasteiger partial charge in [0.25, 0.3) is 0 Å². The van der Waals surface area contributed by atoms with Crippen molar-refractivity contribution in [2.45, 2.75) is 26.8 Å². The maximum atomic E-state index is 12.6. The minimum absolute atomic E-state index is 0.0390. The number of anilines is 1. The third-order valence-electron chi connectivity index (χ3n) is 5.21. The molecule has 3 heterocycles. The Morgan fingerprint density at radius 3 is 2.70 bits per heavy atom. The quantitative estimate of drug-likeness (QED) is 0.874. The average Bonchev–Trinajstić information content (AvgIpc) is 3.03. The van der Waals surface area contributed by atoms with Crippen LogP contribution in [0.15, 0.2) is 40.1 Å². The van der Waals surface area contributed by atoms with Crippen LogP contribution < -0.4 is 5.32 Å². The van der Waals surface area contributed by atoms with Crippen LogP contribution in [0, 0.1) is 13.8 Å². The van der Waals surface area contributed by atoms with Crippen LogP contribution in [0.2, 0.25) is 0 Å². The number of aliphatic imine (C=N–C) groups is 2. The maximum absolute atomic E-state index is 12.6. The molecule has 0 unspecified atom stereocenters. The van der Waals surface area contributed by atoms with Crippen LogP contribution in [0.5, 0.6) is 0 Å². The van der Waals surface area contributed by atoms with Crippen molar-refractivity contribution in [2.24, 2.45) is 9.98 Å². The number of amidine groups is 1. The summed E-state index contributed by atoms with van der Waals surface area (Å²) in [5, 5.41) is 3.04. The largest absolute Gasteiger partial charge is 0.353 e. The number of urea groups is 1. The van der Waals surface area contributed by atoms with Crippen molar-refractivity contribution in [3.05, 3.63) is 41.2 Å². The molecule has 2 amide bonds. The summed E-state index contributed by atoms with van der Waals surface area (Å²) in [6.07, 6.45) is 3.92. The van der Waals surface area contributed by atoms with Gasteiger partial charge in [0.05, 0.1) is 12.4 Å². The van der Waals surface area contributed by atoms with Gasteiger partial charge in [0.2, 0.25) is 0 Å². The second-order valence-corrected chi connectivity index (χ2v) is 7.46. The van der Waals surface area contributed by atoms with E-state index in [1.807, 2.05) is 30.3 Å². The van der Waals surface area contributed by atoms with E-state index in [4.69, 9.17) is 0 Å². The van der Waals surface area contributed by atoms with Crippen LogP contribution in [-0.2, 0) is 0 Å². The van der Waals surface area contributed by atoms with Crippen molar-refractivity contribution in [2.75, 3.05) is 38.0 Å². The normalized spacial score (nSPS) is 21.7. The molecular formula is C20H26N6O. The molecule has 7 nitrogen and oxygen atoms in total. The Balaban J connectivity index is 1.35. The lowest BCUT2D eigenvalue weighted by Gasteiger charge is -2.36. The Morgan fingerprint density at radius 1 is 1.19 bits per heavy atom. The minimum Gasteiger partial charge on any atom is -0.353 e. The predicted octanol–water partition coefficient (Wildman–Crippen LogP) is 2.44. The molecule has 7 heteroatoms. The van der Waals surface area contributed by atoms with Crippen molar-refractivity contribution < 1.29 is 4.79 Å². The van der Waals surface area contributed by atoms with Crippen LogP contribution in [-0.4, -0.2) is 71.7 Å². The average molecular weight is 366 g/mol. The van der Waals surface area contributed by atoms with Gasteiger partial charge >= 0.3 is 6.03 Å². The number of benzene rings is 1. The number of aryl methyl sites for hydroxylation is 2. The first kappa shape index (κ1) is 17.6. The predicted molar refractivity (Wildman–Crippen MR) is 108 cm³/mol. The lowest BCUT2D eigenvalue weighted by molar-refractivity contribution is 0.167. The van der Waals surface area contributed by atoms with Crippen molar-refractivity contribution >= 4 is 23.9 Å². The molecule has 0 bridgehead atoms. The van der Waals surface area contributed by atoms with E-state index in [2.05, 4.69) is 51.1 Å². The Kier molecular flexibility index (Phi) is 4.59. The number of carbonyl (C=O) groups is 1. The fourth-order valence-electron chi connectivity index (χ4n) is 3.69. The number of hydrogen-bond donors (Lipinski definition) is 1. The molecule has 3 aliphatic heterocycles. The van der Waals surface area contributed by atoms with E-state index < -0.39 is 0 Å². The van der Waals surface area contributed by atoms with E-state index in [0.717, 1.165) is 42.5 Å². The Morgan fingerprint density at radius 2 is 1.96 bits per heavy atom. The van der Waals surface area contributed by atoms with E-state index in [0.29, 0.717) is 19.1 Å². The highest BCUT2D eigenvalue weighted by molar-refractivity contribution is 6.03. The fraction of sp³-hybridized carbons (Fsp3) is 0.450. The number of hydrogen-bond acceptors (Lipinski definition) is 5. The smallest absolute Gasteiger partial charge is 0.321 e. The van der Waals surface area contributed by atoms with Crippen molar-refractivity contribution in [3.63, 3.8) is 0 Å². The summed E-state index contributed by atoms with van der Waals surface area (Å²) >= 11 is 0. The highest BCUT2D eigenvalue weighted by Crippen LogP contribution is 2.20. The molecule has 1 saturated heterocycles. The van der Waals surface area contributed by atoms with Gasteiger partial charge in [-0.3, -0.25) is 4.99 Å². The molecular weight excluding hydrogens is 340 g/mol. The van der Waals surface area contributed by atoms with E-state index in [-0.39, 0.29) is 6.03 Å². The molecule has 3 aliphatic rings. The Hall–Kier alpha value is -2.83. The lowest BCUT2D eigenvalue weighted by Crippen LogP contribution is -2.50. The van der Waals surface area contributed by atoms with E-state index in [1.54, 1.807) is 0 Å². The summed E-state index contributed by atoms with van der Waals surface area (Å²) in [6.45, 7) is 9.97. The number of piperazine rings is 1.